The molecular weight excluding hydrogens is 253 g/mol. The molecule has 94 valence electrons. The van der Waals surface area contributed by atoms with E-state index in [0.717, 1.165) is 11.8 Å². The summed E-state index contributed by atoms with van der Waals surface area (Å²) in [6.07, 6.45) is 0.663. The van der Waals surface area contributed by atoms with Crippen LogP contribution in [0.2, 0.25) is 0 Å². The fourth-order valence-electron chi connectivity index (χ4n) is 1.50. The second-order valence-corrected chi connectivity index (χ2v) is 4.44. The van der Waals surface area contributed by atoms with E-state index in [1.54, 1.807) is 5.51 Å². The second kappa shape index (κ2) is 5.59. The van der Waals surface area contributed by atoms with Gasteiger partial charge in [-0.2, -0.15) is 0 Å². The number of hydrogen-bond acceptors (Lipinski definition) is 4. The molecule has 4 nitrogen and oxygen atoms in total. The zero-order chi connectivity index (χ0) is 13.0. The Morgan fingerprint density at radius 2 is 2.33 bits per heavy atom. The van der Waals surface area contributed by atoms with E-state index in [2.05, 4.69) is 10.3 Å². The standard InChI is InChI=1S/C12H12FN3OS/c13-8-1-2-10(11(14)5-8)12(17)15-4-3-9-6-18-7-16-9/h1-2,5-7H,3-4,14H2,(H,15,17). The molecule has 2 rings (SSSR count). The van der Waals surface area contributed by atoms with Crippen LogP contribution in [0.1, 0.15) is 16.1 Å². The number of nitrogens with zero attached hydrogens (tertiary/aromatic N) is 1. The number of carbonyl (C=O) groups is 1. The highest BCUT2D eigenvalue weighted by atomic mass is 32.1. The van der Waals surface area contributed by atoms with E-state index in [4.69, 9.17) is 5.73 Å². The number of rotatable bonds is 4. The van der Waals surface area contributed by atoms with Gasteiger partial charge in [-0.1, -0.05) is 0 Å². The van der Waals surface area contributed by atoms with Gasteiger partial charge in [0.25, 0.3) is 5.91 Å². The predicted octanol–water partition coefficient (Wildman–Crippen LogP) is 1.84. The molecule has 0 bridgehead atoms. The Bertz CT molecular complexity index is 542. The van der Waals surface area contributed by atoms with E-state index in [0.29, 0.717) is 13.0 Å². The largest absolute Gasteiger partial charge is 0.398 e. The van der Waals surface area contributed by atoms with Crippen molar-refractivity contribution in [2.75, 3.05) is 12.3 Å². The van der Waals surface area contributed by atoms with E-state index in [9.17, 15) is 9.18 Å². The number of nitrogens with two attached hydrogens (primary N) is 1. The summed E-state index contributed by atoms with van der Waals surface area (Å²) in [5.74, 6) is -0.755. The molecule has 0 spiro atoms. The molecular formula is C12H12FN3OS. The van der Waals surface area contributed by atoms with E-state index in [1.165, 1.54) is 23.5 Å². The monoisotopic (exact) mass is 265 g/mol. The molecule has 1 aromatic carbocycles. The van der Waals surface area contributed by atoms with Gasteiger partial charge in [0.15, 0.2) is 0 Å². The maximum absolute atomic E-state index is 12.8. The van der Waals surface area contributed by atoms with Crippen molar-refractivity contribution in [3.8, 4) is 0 Å². The van der Waals surface area contributed by atoms with Crippen molar-refractivity contribution in [1.82, 2.24) is 10.3 Å². The van der Waals surface area contributed by atoms with Gasteiger partial charge in [0, 0.05) is 24.0 Å². The van der Waals surface area contributed by atoms with Crippen molar-refractivity contribution in [1.29, 1.82) is 0 Å². The number of hydrogen-bond donors (Lipinski definition) is 2. The van der Waals surface area contributed by atoms with Crippen LogP contribution in [0.15, 0.2) is 29.1 Å². The highest BCUT2D eigenvalue weighted by molar-refractivity contribution is 7.07. The van der Waals surface area contributed by atoms with Crippen molar-refractivity contribution in [2.45, 2.75) is 6.42 Å². The molecule has 0 fully saturated rings. The topological polar surface area (TPSA) is 68.0 Å². The average molecular weight is 265 g/mol. The van der Waals surface area contributed by atoms with Gasteiger partial charge >= 0.3 is 0 Å². The Hall–Kier alpha value is -1.95. The van der Waals surface area contributed by atoms with Gasteiger partial charge in [0.2, 0.25) is 0 Å². The van der Waals surface area contributed by atoms with Gasteiger partial charge < -0.3 is 11.1 Å². The van der Waals surface area contributed by atoms with Crippen LogP contribution in [0, 0.1) is 5.82 Å². The van der Waals surface area contributed by atoms with Crippen molar-refractivity contribution in [3.05, 3.63) is 46.2 Å². The third kappa shape index (κ3) is 3.04. The number of aromatic nitrogens is 1. The Kier molecular flexibility index (Phi) is 3.88. The minimum absolute atomic E-state index is 0.140. The lowest BCUT2D eigenvalue weighted by Crippen LogP contribution is -2.26. The Morgan fingerprint density at radius 1 is 1.50 bits per heavy atom. The molecule has 2 aromatic rings. The molecule has 0 unspecified atom stereocenters. The first-order valence-corrected chi connectivity index (χ1v) is 6.31. The molecule has 3 N–H and O–H groups in total. The lowest BCUT2D eigenvalue weighted by molar-refractivity contribution is 0.0955. The number of amides is 1. The lowest BCUT2D eigenvalue weighted by atomic mass is 10.1. The van der Waals surface area contributed by atoms with Crippen LogP contribution in [0.3, 0.4) is 0 Å². The molecule has 0 saturated carbocycles. The highest BCUT2D eigenvalue weighted by Gasteiger charge is 2.09. The first-order valence-electron chi connectivity index (χ1n) is 5.37. The summed E-state index contributed by atoms with van der Waals surface area (Å²) in [5.41, 5.74) is 8.69. The molecule has 0 radical (unpaired) electrons. The molecule has 1 heterocycles. The van der Waals surface area contributed by atoms with Gasteiger partial charge in [-0.05, 0) is 18.2 Å². The van der Waals surface area contributed by atoms with Crippen LogP contribution < -0.4 is 11.1 Å². The number of anilines is 1. The quantitative estimate of drug-likeness (QED) is 0.829. The molecule has 1 amide bonds. The summed E-state index contributed by atoms with van der Waals surface area (Å²) in [4.78, 5) is 15.9. The Morgan fingerprint density at radius 3 is 3.00 bits per heavy atom. The summed E-state index contributed by atoms with van der Waals surface area (Å²) >= 11 is 1.51. The summed E-state index contributed by atoms with van der Waals surface area (Å²) in [7, 11) is 0. The SMILES string of the molecule is Nc1cc(F)ccc1C(=O)NCCc1cscn1. The summed E-state index contributed by atoms with van der Waals surface area (Å²) in [6.45, 7) is 0.472. The fourth-order valence-corrected chi connectivity index (χ4v) is 2.09. The average Bonchev–Trinajstić information content (AvgIpc) is 2.81. The van der Waals surface area contributed by atoms with Gasteiger partial charge in [-0.15, -0.1) is 11.3 Å². The first kappa shape index (κ1) is 12.5. The number of halogens is 1. The Labute approximate surface area is 108 Å². The van der Waals surface area contributed by atoms with Crippen LogP contribution in [0.5, 0.6) is 0 Å². The normalized spacial score (nSPS) is 10.3. The third-order valence-corrected chi connectivity index (χ3v) is 3.04. The van der Waals surface area contributed by atoms with Crippen LogP contribution in [-0.2, 0) is 6.42 Å². The third-order valence-electron chi connectivity index (χ3n) is 2.41. The van der Waals surface area contributed by atoms with Crippen LogP contribution in [0.25, 0.3) is 0 Å². The molecule has 6 heteroatoms. The maximum atomic E-state index is 12.8. The minimum Gasteiger partial charge on any atom is -0.398 e. The highest BCUT2D eigenvalue weighted by Crippen LogP contribution is 2.13. The summed E-state index contributed by atoms with van der Waals surface area (Å²) < 4.78 is 12.8. The Balaban J connectivity index is 1.91. The first-order chi connectivity index (χ1) is 8.66. The number of benzene rings is 1. The van der Waals surface area contributed by atoms with Gasteiger partial charge in [-0.25, -0.2) is 9.37 Å². The number of thiazole rings is 1. The van der Waals surface area contributed by atoms with Gasteiger partial charge in [0.1, 0.15) is 5.82 Å². The van der Waals surface area contributed by atoms with E-state index < -0.39 is 5.82 Å². The predicted molar refractivity (Wildman–Crippen MR) is 69.0 cm³/mol. The number of carbonyl (C=O) groups excluding carboxylic acids is 1. The lowest BCUT2D eigenvalue weighted by Gasteiger charge is -2.06. The van der Waals surface area contributed by atoms with Crippen molar-refractivity contribution in [2.24, 2.45) is 0 Å². The van der Waals surface area contributed by atoms with Crippen LogP contribution in [0.4, 0.5) is 10.1 Å². The van der Waals surface area contributed by atoms with Gasteiger partial charge in [-0.3, -0.25) is 4.79 Å². The smallest absolute Gasteiger partial charge is 0.253 e. The van der Waals surface area contributed by atoms with Crippen molar-refractivity contribution < 1.29 is 9.18 Å². The molecule has 0 atom stereocenters. The molecule has 0 saturated heterocycles. The van der Waals surface area contributed by atoms with E-state index >= 15 is 0 Å². The molecule has 1 aromatic heterocycles. The number of nitrogen functional groups attached to an aromatic ring is 1. The maximum Gasteiger partial charge on any atom is 0.253 e. The van der Waals surface area contributed by atoms with Gasteiger partial charge in [0.05, 0.1) is 16.8 Å². The van der Waals surface area contributed by atoms with E-state index in [1.807, 2.05) is 5.38 Å². The molecule has 0 aliphatic carbocycles. The van der Waals surface area contributed by atoms with Crippen LogP contribution in [-0.4, -0.2) is 17.4 Å². The molecule has 18 heavy (non-hydrogen) atoms. The van der Waals surface area contributed by atoms with Crippen molar-refractivity contribution in [3.63, 3.8) is 0 Å². The second-order valence-electron chi connectivity index (χ2n) is 3.72. The molecule has 0 aliphatic heterocycles. The minimum atomic E-state index is -0.452. The zero-order valence-corrected chi connectivity index (χ0v) is 10.3. The van der Waals surface area contributed by atoms with E-state index in [-0.39, 0.29) is 17.2 Å². The summed E-state index contributed by atoms with van der Waals surface area (Å²) in [5, 5.41) is 4.65. The fraction of sp³-hybridized carbons (Fsp3) is 0.167. The molecule has 0 aliphatic rings. The number of nitrogens with one attached hydrogen (secondary N) is 1. The van der Waals surface area contributed by atoms with Crippen LogP contribution >= 0.6 is 11.3 Å². The zero-order valence-electron chi connectivity index (χ0n) is 9.52. The van der Waals surface area contributed by atoms with Crippen molar-refractivity contribution >= 4 is 22.9 Å². The summed E-state index contributed by atoms with van der Waals surface area (Å²) in [6, 6.07) is 3.73.